The molecule has 1 aliphatic heterocycles. The second-order valence-electron chi connectivity index (χ2n) is 13.3. The summed E-state index contributed by atoms with van der Waals surface area (Å²) in [5.74, 6) is -1.14. The van der Waals surface area contributed by atoms with E-state index in [0.29, 0.717) is 42.0 Å². The minimum atomic E-state index is -1.18. The third-order valence-corrected chi connectivity index (χ3v) is 10.2. The summed E-state index contributed by atoms with van der Waals surface area (Å²) >= 11 is 0. The van der Waals surface area contributed by atoms with E-state index >= 15 is 0 Å². The Hall–Kier alpha value is -5.61. The van der Waals surface area contributed by atoms with Crippen LogP contribution in [0.5, 0.6) is 0 Å². The number of nitrogens with zero attached hydrogens (tertiary/aromatic N) is 4. The molecule has 7 rings (SSSR count). The molecule has 1 aromatic heterocycles. The number of aryl methyl sites for hydroxylation is 2. The molecule has 4 atom stereocenters. The van der Waals surface area contributed by atoms with Gasteiger partial charge in [0.1, 0.15) is 17.7 Å². The summed E-state index contributed by atoms with van der Waals surface area (Å²) in [5, 5.41) is 17.8. The zero-order valence-electron chi connectivity index (χ0n) is 26.8. The van der Waals surface area contributed by atoms with Gasteiger partial charge in [0.2, 0.25) is 17.7 Å². The molecule has 2 fully saturated rings. The zero-order chi connectivity index (χ0) is 34.6. The summed E-state index contributed by atoms with van der Waals surface area (Å²) in [6.07, 6.45) is 2.84. The number of primary amides is 2. The molecule has 4 aromatic rings. The quantitative estimate of drug-likeness (QED) is 0.211. The fourth-order valence-corrected chi connectivity index (χ4v) is 7.82. The van der Waals surface area contributed by atoms with E-state index in [1.54, 1.807) is 29.2 Å². The van der Waals surface area contributed by atoms with Crippen LogP contribution in [0.4, 0.5) is 4.39 Å². The van der Waals surface area contributed by atoms with Crippen LogP contribution in [0.2, 0.25) is 0 Å². The highest BCUT2D eigenvalue weighted by Gasteiger charge is 2.54. The lowest BCUT2D eigenvalue weighted by Crippen LogP contribution is -2.46. The Morgan fingerprint density at radius 2 is 1.63 bits per heavy atom. The van der Waals surface area contributed by atoms with E-state index in [1.165, 1.54) is 28.9 Å². The SMILES string of the molecule is C[C@@H](CC1(c2nn(-c3ccc(F)cc3)c(=O)[nH]2)c2ccc(C(N)=O)cc2CCc2cc(C(N)=O)ccc21)NCC(=O)N1C(C#N)C[C@@H]2C[C@@H]21. The summed E-state index contributed by atoms with van der Waals surface area (Å²) in [6.45, 7) is 1.93. The second-order valence-corrected chi connectivity index (χ2v) is 13.3. The van der Waals surface area contributed by atoms with Crippen molar-refractivity contribution in [2.24, 2.45) is 17.4 Å². The molecular weight excluding hydrogens is 627 g/mol. The van der Waals surface area contributed by atoms with Gasteiger partial charge in [0.05, 0.1) is 23.7 Å². The van der Waals surface area contributed by atoms with Gasteiger partial charge in [-0.3, -0.25) is 19.4 Å². The maximum absolute atomic E-state index is 13.8. The number of likely N-dealkylation sites (tertiary alicyclic amines) is 1. The molecule has 6 N–H and O–H groups in total. The van der Waals surface area contributed by atoms with Gasteiger partial charge in [-0.05, 0) is 116 Å². The Kier molecular flexibility index (Phi) is 7.91. The standard InChI is InChI=1S/C36H35FN8O4/c1-19(41-18-31(46)44-27(17-38)14-24-15-30(24)44)16-36(34-42-35(49)45(43-34)26-8-6-25(37)7-9-26)28-10-4-22(32(39)47)12-20(28)2-3-21-13-23(33(40)48)5-11-29(21)36/h4-13,19,24,27,30,41H,2-3,14-16,18H2,1H3,(H2,39,47)(H2,40,48)(H,42,43,49)/t19-,24+,27?,30-/m0/s1. The van der Waals surface area contributed by atoms with Crippen LogP contribution in [0.15, 0.2) is 65.5 Å². The van der Waals surface area contributed by atoms with Crippen LogP contribution in [0.3, 0.4) is 0 Å². The number of fused-ring (bicyclic) bond motifs is 3. The normalized spacial score (nSPS) is 20.7. The van der Waals surface area contributed by atoms with Crippen molar-refractivity contribution < 1.29 is 18.8 Å². The van der Waals surface area contributed by atoms with Gasteiger partial charge >= 0.3 is 5.69 Å². The number of amides is 3. The maximum atomic E-state index is 13.8. The monoisotopic (exact) mass is 662 g/mol. The Morgan fingerprint density at radius 1 is 1.02 bits per heavy atom. The zero-order valence-corrected chi connectivity index (χ0v) is 26.8. The molecule has 1 unspecified atom stereocenters. The smallest absolute Gasteiger partial charge is 0.348 e. The highest BCUT2D eigenvalue weighted by atomic mass is 19.1. The summed E-state index contributed by atoms with van der Waals surface area (Å²) < 4.78 is 15.0. The predicted octanol–water partition coefficient (Wildman–Crippen LogP) is 2.21. The van der Waals surface area contributed by atoms with E-state index in [9.17, 15) is 28.8 Å². The number of nitrogens with two attached hydrogens (primary N) is 2. The molecule has 0 spiro atoms. The average molecular weight is 663 g/mol. The number of rotatable bonds is 9. The van der Waals surface area contributed by atoms with E-state index in [1.807, 2.05) is 19.1 Å². The molecular formula is C36H35FN8O4. The molecule has 12 nitrogen and oxygen atoms in total. The topological polar surface area (TPSA) is 193 Å². The first kappa shape index (κ1) is 32.0. The third-order valence-electron chi connectivity index (χ3n) is 10.2. The lowest BCUT2D eigenvalue weighted by molar-refractivity contribution is -0.131. The average Bonchev–Trinajstić information content (AvgIpc) is 3.62. The van der Waals surface area contributed by atoms with Crippen molar-refractivity contribution in [2.75, 3.05) is 6.54 Å². The molecule has 250 valence electrons. The van der Waals surface area contributed by atoms with Crippen LogP contribution in [0.25, 0.3) is 5.69 Å². The van der Waals surface area contributed by atoms with Gasteiger partial charge in [0.25, 0.3) is 0 Å². The van der Waals surface area contributed by atoms with Crippen molar-refractivity contribution in [3.8, 4) is 11.8 Å². The number of benzene rings is 3. The molecule has 1 saturated heterocycles. The number of H-pyrrole nitrogens is 1. The van der Waals surface area contributed by atoms with Crippen molar-refractivity contribution in [1.29, 1.82) is 5.26 Å². The number of piperidine rings is 1. The number of nitrogens with one attached hydrogen (secondary N) is 2. The maximum Gasteiger partial charge on any atom is 0.348 e. The molecule has 3 aliphatic rings. The Labute approximate surface area is 280 Å². The molecule has 2 heterocycles. The number of hydrogen-bond acceptors (Lipinski definition) is 7. The molecule has 3 amide bonds. The first-order chi connectivity index (χ1) is 23.5. The first-order valence-corrected chi connectivity index (χ1v) is 16.3. The highest BCUT2D eigenvalue weighted by molar-refractivity contribution is 5.94. The van der Waals surface area contributed by atoms with Crippen LogP contribution in [0, 0.1) is 23.1 Å². The van der Waals surface area contributed by atoms with E-state index in [2.05, 4.69) is 16.4 Å². The minimum absolute atomic E-state index is 0.000126. The molecule has 1 saturated carbocycles. The van der Waals surface area contributed by atoms with Crippen LogP contribution >= 0.6 is 0 Å². The number of carbonyl (C=O) groups is 3. The van der Waals surface area contributed by atoms with Gasteiger partial charge in [-0.2, -0.15) is 9.94 Å². The fourth-order valence-electron chi connectivity index (χ4n) is 7.82. The van der Waals surface area contributed by atoms with Crippen LogP contribution < -0.4 is 22.5 Å². The summed E-state index contributed by atoms with van der Waals surface area (Å²) in [4.78, 5) is 56.3. The van der Waals surface area contributed by atoms with Crippen LogP contribution in [-0.2, 0) is 23.1 Å². The van der Waals surface area contributed by atoms with E-state index in [0.717, 1.165) is 28.7 Å². The van der Waals surface area contributed by atoms with Crippen molar-refractivity contribution in [2.45, 2.75) is 62.6 Å². The third kappa shape index (κ3) is 5.57. The van der Waals surface area contributed by atoms with Gasteiger partial charge in [0, 0.05) is 23.2 Å². The molecule has 2 aliphatic carbocycles. The molecule has 0 bridgehead atoms. The lowest BCUT2D eigenvalue weighted by atomic mass is 9.67. The van der Waals surface area contributed by atoms with Crippen LogP contribution in [0.1, 0.15) is 75.0 Å². The van der Waals surface area contributed by atoms with Crippen molar-refractivity contribution >= 4 is 17.7 Å². The fraction of sp³-hybridized carbons (Fsp3) is 0.333. The second kappa shape index (κ2) is 12.1. The van der Waals surface area contributed by atoms with Gasteiger partial charge < -0.3 is 21.7 Å². The number of nitriles is 1. The Bertz CT molecular complexity index is 2030. The largest absolute Gasteiger partial charge is 0.366 e. The number of hydrogen-bond donors (Lipinski definition) is 4. The molecule has 3 aromatic carbocycles. The summed E-state index contributed by atoms with van der Waals surface area (Å²) in [5.41, 5.74) is 13.7. The number of carbonyl (C=O) groups excluding carboxylic acids is 3. The highest BCUT2D eigenvalue weighted by Crippen LogP contribution is 2.48. The number of aromatic nitrogens is 3. The molecule has 13 heteroatoms. The predicted molar refractivity (Wildman–Crippen MR) is 176 cm³/mol. The Morgan fingerprint density at radius 3 is 2.20 bits per heavy atom. The van der Waals surface area contributed by atoms with Crippen molar-refractivity contribution in [3.05, 3.63) is 116 Å². The van der Waals surface area contributed by atoms with Gasteiger partial charge in [-0.1, -0.05) is 12.1 Å². The van der Waals surface area contributed by atoms with Gasteiger partial charge in [-0.15, -0.1) is 5.10 Å². The molecule has 0 radical (unpaired) electrons. The van der Waals surface area contributed by atoms with Gasteiger partial charge in [0.15, 0.2) is 0 Å². The van der Waals surface area contributed by atoms with E-state index < -0.39 is 34.8 Å². The molecule has 49 heavy (non-hydrogen) atoms. The summed E-state index contributed by atoms with van der Waals surface area (Å²) in [7, 11) is 0. The number of halogens is 1. The van der Waals surface area contributed by atoms with E-state index in [4.69, 9.17) is 16.6 Å². The van der Waals surface area contributed by atoms with Crippen LogP contribution in [-0.4, -0.2) is 62.1 Å². The minimum Gasteiger partial charge on any atom is -0.366 e. The summed E-state index contributed by atoms with van der Waals surface area (Å²) in [6, 6.07) is 17.3. The number of aromatic amines is 1. The van der Waals surface area contributed by atoms with Gasteiger partial charge in [-0.25, -0.2) is 9.18 Å². The Balaban J connectivity index is 1.37. The van der Waals surface area contributed by atoms with Crippen molar-refractivity contribution in [1.82, 2.24) is 25.0 Å². The van der Waals surface area contributed by atoms with E-state index in [-0.39, 0.29) is 36.8 Å². The lowest BCUT2D eigenvalue weighted by Gasteiger charge is -2.37. The first-order valence-electron chi connectivity index (χ1n) is 16.3. The van der Waals surface area contributed by atoms with Crippen molar-refractivity contribution in [3.63, 3.8) is 0 Å².